The van der Waals surface area contributed by atoms with Crippen molar-refractivity contribution in [1.82, 2.24) is 10.2 Å². The molecule has 0 aromatic carbocycles. The summed E-state index contributed by atoms with van der Waals surface area (Å²) in [6, 6.07) is 0. The van der Waals surface area contributed by atoms with Gasteiger partial charge in [-0.2, -0.15) is 0 Å². The van der Waals surface area contributed by atoms with Gasteiger partial charge in [0.15, 0.2) is 5.96 Å². The lowest BCUT2D eigenvalue weighted by Gasteiger charge is -2.41. The van der Waals surface area contributed by atoms with E-state index in [1.54, 1.807) is 0 Å². The lowest BCUT2D eigenvalue weighted by atomic mass is 9.65. The average molecular weight is 277 g/mol. The van der Waals surface area contributed by atoms with Gasteiger partial charge in [-0.15, -0.1) is 6.58 Å². The largest absolute Gasteiger partial charge is 0.357 e. The molecule has 2 aliphatic carbocycles. The first-order valence-electron chi connectivity index (χ1n) is 8.32. The number of nitrogens with zero attached hydrogens (tertiary/aromatic N) is 2. The Hall–Kier alpha value is -0.990. The van der Waals surface area contributed by atoms with Crippen molar-refractivity contribution in [1.29, 1.82) is 0 Å². The van der Waals surface area contributed by atoms with E-state index >= 15 is 0 Å². The molecule has 3 nitrogen and oxygen atoms in total. The number of guanidine groups is 1. The minimum atomic E-state index is 0.572. The van der Waals surface area contributed by atoms with Gasteiger partial charge < -0.3 is 10.2 Å². The SMILES string of the molecule is C=CCCCN(C)C(=NCC1(C2CC2)CCC1)NCC. The van der Waals surface area contributed by atoms with Crippen molar-refractivity contribution in [2.45, 2.75) is 51.9 Å². The van der Waals surface area contributed by atoms with Crippen LogP contribution in [0.15, 0.2) is 17.6 Å². The summed E-state index contributed by atoms with van der Waals surface area (Å²) in [6.07, 6.45) is 11.3. The molecule has 0 aromatic rings. The molecule has 2 aliphatic rings. The zero-order chi connectivity index (χ0) is 14.4. The first-order chi connectivity index (χ1) is 9.72. The predicted octanol–water partition coefficient (Wildman–Crippen LogP) is 3.43. The van der Waals surface area contributed by atoms with E-state index < -0.39 is 0 Å². The van der Waals surface area contributed by atoms with Gasteiger partial charge in [-0.05, 0) is 56.8 Å². The van der Waals surface area contributed by atoms with Crippen LogP contribution in [0.2, 0.25) is 0 Å². The number of rotatable bonds is 8. The summed E-state index contributed by atoms with van der Waals surface area (Å²) in [7, 11) is 2.15. The fraction of sp³-hybridized carbons (Fsp3) is 0.824. The summed E-state index contributed by atoms with van der Waals surface area (Å²) >= 11 is 0. The number of hydrogen-bond acceptors (Lipinski definition) is 1. The molecule has 3 heteroatoms. The second-order valence-corrected chi connectivity index (χ2v) is 6.51. The van der Waals surface area contributed by atoms with Crippen LogP contribution in [0.4, 0.5) is 0 Å². The van der Waals surface area contributed by atoms with Crippen molar-refractivity contribution in [3.05, 3.63) is 12.7 Å². The fourth-order valence-electron chi connectivity index (χ4n) is 3.30. The van der Waals surface area contributed by atoms with Gasteiger partial charge in [0.1, 0.15) is 0 Å². The minimum Gasteiger partial charge on any atom is -0.357 e. The second kappa shape index (κ2) is 7.14. The highest BCUT2D eigenvalue weighted by Crippen LogP contribution is 2.57. The van der Waals surface area contributed by atoms with Crippen LogP contribution < -0.4 is 5.32 Å². The molecule has 2 fully saturated rings. The lowest BCUT2D eigenvalue weighted by molar-refractivity contribution is 0.113. The molecule has 0 heterocycles. The maximum absolute atomic E-state index is 4.95. The summed E-state index contributed by atoms with van der Waals surface area (Å²) in [4.78, 5) is 7.22. The summed E-state index contributed by atoms with van der Waals surface area (Å²) < 4.78 is 0. The highest BCUT2D eigenvalue weighted by atomic mass is 15.3. The number of allylic oxidation sites excluding steroid dienone is 1. The number of aliphatic imine (C=N–C) groups is 1. The van der Waals surface area contributed by atoms with E-state index in [1.807, 2.05) is 6.08 Å². The molecule has 0 aliphatic heterocycles. The van der Waals surface area contributed by atoms with Gasteiger partial charge in [0.2, 0.25) is 0 Å². The molecule has 0 bridgehead atoms. The van der Waals surface area contributed by atoms with E-state index in [9.17, 15) is 0 Å². The van der Waals surface area contributed by atoms with Crippen molar-refractivity contribution < 1.29 is 0 Å². The zero-order valence-corrected chi connectivity index (χ0v) is 13.3. The van der Waals surface area contributed by atoms with E-state index in [0.717, 1.165) is 44.4 Å². The van der Waals surface area contributed by atoms with Crippen molar-refractivity contribution in [3.8, 4) is 0 Å². The van der Waals surface area contributed by atoms with Gasteiger partial charge in [0, 0.05) is 26.7 Å². The van der Waals surface area contributed by atoms with Gasteiger partial charge in [-0.1, -0.05) is 12.5 Å². The summed E-state index contributed by atoms with van der Waals surface area (Å²) in [6.45, 7) is 8.96. The molecule has 2 rings (SSSR count). The monoisotopic (exact) mass is 277 g/mol. The van der Waals surface area contributed by atoms with Gasteiger partial charge >= 0.3 is 0 Å². The summed E-state index contributed by atoms with van der Waals surface area (Å²) in [5.74, 6) is 2.07. The maximum atomic E-state index is 4.95. The molecule has 0 aromatic heterocycles. The minimum absolute atomic E-state index is 0.572. The number of unbranched alkanes of at least 4 members (excludes halogenated alkanes) is 1. The Morgan fingerprint density at radius 1 is 1.45 bits per heavy atom. The third-order valence-corrected chi connectivity index (χ3v) is 4.93. The van der Waals surface area contributed by atoms with E-state index in [-0.39, 0.29) is 0 Å². The van der Waals surface area contributed by atoms with Gasteiger partial charge in [0.05, 0.1) is 0 Å². The molecule has 1 N–H and O–H groups in total. The van der Waals surface area contributed by atoms with E-state index in [4.69, 9.17) is 4.99 Å². The fourth-order valence-corrected chi connectivity index (χ4v) is 3.30. The highest BCUT2D eigenvalue weighted by molar-refractivity contribution is 5.79. The van der Waals surface area contributed by atoms with E-state index in [0.29, 0.717) is 5.41 Å². The molecule has 0 spiro atoms. The van der Waals surface area contributed by atoms with Crippen LogP contribution in [-0.4, -0.2) is 37.5 Å². The van der Waals surface area contributed by atoms with Crippen molar-refractivity contribution >= 4 is 5.96 Å². The Bertz CT molecular complexity index is 340. The van der Waals surface area contributed by atoms with Gasteiger partial charge in [-0.25, -0.2) is 0 Å². The summed E-state index contributed by atoms with van der Waals surface area (Å²) in [5, 5.41) is 3.44. The van der Waals surface area contributed by atoms with E-state index in [1.165, 1.54) is 32.1 Å². The zero-order valence-electron chi connectivity index (χ0n) is 13.3. The van der Waals surface area contributed by atoms with E-state index in [2.05, 4.69) is 30.8 Å². The quantitative estimate of drug-likeness (QED) is 0.318. The van der Waals surface area contributed by atoms with Crippen LogP contribution in [0.25, 0.3) is 0 Å². The average Bonchev–Trinajstić information content (AvgIpc) is 3.21. The third-order valence-electron chi connectivity index (χ3n) is 4.93. The number of hydrogen-bond donors (Lipinski definition) is 1. The first-order valence-corrected chi connectivity index (χ1v) is 8.32. The maximum Gasteiger partial charge on any atom is 0.193 e. The first kappa shape index (κ1) is 15.4. The van der Waals surface area contributed by atoms with Crippen LogP contribution >= 0.6 is 0 Å². The molecule has 0 saturated heterocycles. The summed E-state index contributed by atoms with van der Waals surface area (Å²) in [5.41, 5.74) is 0.572. The van der Waals surface area contributed by atoms with Crippen LogP contribution in [0, 0.1) is 11.3 Å². The molecule has 0 amide bonds. The van der Waals surface area contributed by atoms with Crippen LogP contribution in [0.5, 0.6) is 0 Å². The Morgan fingerprint density at radius 3 is 2.70 bits per heavy atom. The van der Waals surface area contributed by atoms with Crippen molar-refractivity contribution in [2.75, 3.05) is 26.7 Å². The molecular formula is C17H31N3. The molecule has 2 saturated carbocycles. The second-order valence-electron chi connectivity index (χ2n) is 6.51. The molecule has 0 radical (unpaired) electrons. The standard InChI is InChI=1S/C17H31N3/c1-4-6-7-13-20(3)16(18-5-2)19-14-17(11-8-12-17)15-9-10-15/h4,15H,1,5-14H2,2-3H3,(H,18,19). The van der Waals surface area contributed by atoms with Crippen LogP contribution in [0.3, 0.4) is 0 Å². The molecule has 114 valence electrons. The molecule has 20 heavy (non-hydrogen) atoms. The topological polar surface area (TPSA) is 27.6 Å². The third kappa shape index (κ3) is 3.77. The molecule has 0 atom stereocenters. The smallest absolute Gasteiger partial charge is 0.193 e. The lowest BCUT2D eigenvalue weighted by Crippen LogP contribution is -2.42. The van der Waals surface area contributed by atoms with Gasteiger partial charge in [0.25, 0.3) is 0 Å². The van der Waals surface area contributed by atoms with Gasteiger partial charge in [-0.3, -0.25) is 4.99 Å². The molecule has 0 unspecified atom stereocenters. The Labute approximate surface area is 124 Å². The predicted molar refractivity (Wildman–Crippen MR) is 87.0 cm³/mol. The van der Waals surface area contributed by atoms with Crippen LogP contribution in [0.1, 0.15) is 51.9 Å². The van der Waals surface area contributed by atoms with Crippen LogP contribution in [-0.2, 0) is 0 Å². The molecular weight excluding hydrogens is 246 g/mol. The van der Waals surface area contributed by atoms with Crippen molar-refractivity contribution in [3.63, 3.8) is 0 Å². The Balaban J connectivity index is 1.88. The van der Waals surface area contributed by atoms with Crippen molar-refractivity contribution in [2.24, 2.45) is 16.3 Å². The number of nitrogens with one attached hydrogen (secondary N) is 1. The normalized spacial score (nSPS) is 21.2. The Kier molecular flexibility index (Phi) is 5.50. The highest BCUT2D eigenvalue weighted by Gasteiger charge is 2.48. The Morgan fingerprint density at radius 2 is 2.20 bits per heavy atom.